The van der Waals surface area contributed by atoms with E-state index < -0.39 is 5.91 Å². The number of carbonyl (C=O) groups excluding carboxylic acids is 1. The van der Waals surface area contributed by atoms with Gasteiger partial charge in [-0.25, -0.2) is 4.98 Å². The van der Waals surface area contributed by atoms with Crippen molar-refractivity contribution >= 4 is 17.5 Å². The molecule has 3 aromatic rings. The lowest BCUT2D eigenvalue weighted by Crippen LogP contribution is -2.20. The zero-order valence-corrected chi connectivity index (χ0v) is 15.9. The number of methoxy groups -OCH3 is 1. The molecule has 7 nitrogen and oxygen atoms in total. The topological polar surface area (TPSA) is 88.6 Å². The minimum Gasteiger partial charge on any atom is -0.493 e. The van der Waals surface area contributed by atoms with Crippen LogP contribution in [-0.4, -0.2) is 29.2 Å². The van der Waals surface area contributed by atoms with Gasteiger partial charge in [0.15, 0.2) is 18.1 Å². The van der Waals surface area contributed by atoms with E-state index in [4.69, 9.17) is 31.5 Å². The summed E-state index contributed by atoms with van der Waals surface area (Å²) >= 11 is 6.38. The molecule has 0 saturated heterocycles. The largest absolute Gasteiger partial charge is 0.493 e. The summed E-state index contributed by atoms with van der Waals surface area (Å²) < 4.78 is 18.2. The number of halogens is 1. The molecule has 0 unspecified atom stereocenters. The summed E-state index contributed by atoms with van der Waals surface area (Å²) in [5, 5.41) is 0.299. The zero-order chi connectivity index (χ0) is 19.7. The molecule has 0 bridgehead atoms. The van der Waals surface area contributed by atoms with Crippen LogP contribution in [0.5, 0.6) is 11.5 Å². The molecule has 2 heterocycles. The Morgan fingerprint density at radius 3 is 2.89 bits per heavy atom. The van der Waals surface area contributed by atoms with Crippen molar-refractivity contribution in [2.24, 2.45) is 5.73 Å². The molecule has 28 heavy (non-hydrogen) atoms. The Kier molecular flexibility index (Phi) is 4.93. The maximum absolute atomic E-state index is 11.0. The van der Waals surface area contributed by atoms with Crippen LogP contribution in [0.3, 0.4) is 0 Å². The van der Waals surface area contributed by atoms with Crippen molar-refractivity contribution in [1.29, 1.82) is 0 Å². The lowest BCUT2D eigenvalue weighted by Gasteiger charge is -2.14. The average molecular weight is 400 g/mol. The van der Waals surface area contributed by atoms with Crippen LogP contribution in [0.4, 0.5) is 0 Å². The smallest absolute Gasteiger partial charge is 0.255 e. The van der Waals surface area contributed by atoms with Gasteiger partial charge in [0.2, 0.25) is 0 Å². The number of nitrogens with zero attached hydrogens (tertiary/aromatic N) is 2. The molecule has 0 saturated carbocycles. The van der Waals surface area contributed by atoms with Crippen LogP contribution in [0, 0.1) is 0 Å². The fourth-order valence-electron chi connectivity index (χ4n) is 3.17. The highest BCUT2D eigenvalue weighted by molar-refractivity contribution is 6.32. The predicted octanol–water partition coefficient (Wildman–Crippen LogP) is 3.10. The molecule has 8 heteroatoms. The predicted molar refractivity (Wildman–Crippen MR) is 104 cm³/mol. The molecule has 0 fully saturated rings. The number of fused-ring (bicyclic) bond motifs is 1. The van der Waals surface area contributed by atoms with E-state index in [1.165, 1.54) is 18.2 Å². The van der Waals surface area contributed by atoms with Crippen LogP contribution >= 0.6 is 11.6 Å². The maximum Gasteiger partial charge on any atom is 0.255 e. The lowest BCUT2D eigenvalue weighted by atomic mass is 10.1. The number of carbonyl (C=O) groups is 1. The monoisotopic (exact) mass is 399 g/mol. The summed E-state index contributed by atoms with van der Waals surface area (Å²) in [6.07, 6.45) is 3.60. The molecule has 2 N–H and O–H groups in total. The molecule has 0 atom stereocenters. The van der Waals surface area contributed by atoms with Gasteiger partial charge in [-0.1, -0.05) is 17.7 Å². The molecule has 1 aromatic heterocycles. The maximum atomic E-state index is 11.0. The number of rotatable bonds is 6. The van der Waals surface area contributed by atoms with Crippen molar-refractivity contribution in [1.82, 2.24) is 9.55 Å². The van der Waals surface area contributed by atoms with Gasteiger partial charge in [0.1, 0.15) is 5.82 Å². The summed E-state index contributed by atoms with van der Waals surface area (Å²) in [7, 11) is 1.50. The number of benzene rings is 2. The van der Waals surface area contributed by atoms with Gasteiger partial charge in [-0.2, -0.15) is 0 Å². The first-order valence-corrected chi connectivity index (χ1v) is 8.97. The van der Waals surface area contributed by atoms with Crippen molar-refractivity contribution in [3.8, 4) is 28.6 Å². The van der Waals surface area contributed by atoms with E-state index in [1.807, 2.05) is 16.8 Å². The normalized spacial score (nSPS) is 12.6. The standard InChI is InChI=1S/C20H18ClN3O4/c1-26-17-8-13(7-16(21)19(17)28-11-18(22)25)20-23-4-5-24(20)15-3-2-12-9-27-10-14(12)6-15/h2-8H,9-11H2,1H3,(H2,22,25). The summed E-state index contributed by atoms with van der Waals surface area (Å²) in [6.45, 7) is 0.964. The third-order valence-electron chi connectivity index (χ3n) is 4.47. The third-order valence-corrected chi connectivity index (χ3v) is 4.75. The van der Waals surface area contributed by atoms with Gasteiger partial charge in [-0.15, -0.1) is 0 Å². The Labute approximate surface area is 166 Å². The first kappa shape index (κ1) is 18.3. The molecular formula is C20H18ClN3O4. The van der Waals surface area contributed by atoms with Crippen molar-refractivity contribution in [3.63, 3.8) is 0 Å². The van der Waals surface area contributed by atoms with E-state index in [9.17, 15) is 4.79 Å². The van der Waals surface area contributed by atoms with Gasteiger partial charge in [-0.05, 0) is 35.4 Å². The number of hydrogen-bond acceptors (Lipinski definition) is 5. The number of primary amides is 1. The molecular weight excluding hydrogens is 382 g/mol. The minimum atomic E-state index is -0.599. The van der Waals surface area contributed by atoms with Gasteiger partial charge in [-0.3, -0.25) is 9.36 Å². The number of amides is 1. The van der Waals surface area contributed by atoms with E-state index in [1.54, 1.807) is 18.3 Å². The molecule has 4 rings (SSSR count). The molecule has 0 radical (unpaired) electrons. The van der Waals surface area contributed by atoms with Gasteiger partial charge < -0.3 is 19.9 Å². The summed E-state index contributed by atoms with van der Waals surface area (Å²) in [4.78, 5) is 15.5. The highest BCUT2D eigenvalue weighted by Gasteiger charge is 2.18. The summed E-state index contributed by atoms with van der Waals surface area (Å²) in [5.74, 6) is 0.749. The van der Waals surface area contributed by atoms with E-state index in [-0.39, 0.29) is 12.4 Å². The van der Waals surface area contributed by atoms with Crippen molar-refractivity contribution < 1.29 is 19.0 Å². The highest BCUT2D eigenvalue weighted by atomic mass is 35.5. The second-order valence-electron chi connectivity index (χ2n) is 6.31. The Hall–Kier alpha value is -3.03. The lowest BCUT2D eigenvalue weighted by molar-refractivity contribution is -0.119. The molecule has 0 spiro atoms. The second kappa shape index (κ2) is 7.53. The first-order valence-electron chi connectivity index (χ1n) is 8.59. The number of aromatic nitrogens is 2. The van der Waals surface area contributed by atoms with E-state index in [0.717, 1.165) is 11.3 Å². The highest BCUT2D eigenvalue weighted by Crippen LogP contribution is 2.39. The molecule has 1 aliphatic rings. The number of nitrogens with two attached hydrogens (primary N) is 1. The quantitative estimate of drug-likeness (QED) is 0.688. The Morgan fingerprint density at radius 2 is 2.11 bits per heavy atom. The fraction of sp³-hybridized carbons (Fsp3) is 0.200. The first-order chi connectivity index (χ1) is 13.6. The van der Waals surface area contributed by atoms with Crippen molar-refractivity contribution in [2.45, 2.75) is 13.2 Å². The summed E-state index contributed by atoms with van der Waals surface area (Å²) in [5.41, 5.74) is 9.23. The minimum absolute atomic E-state index is 0.263. The molecule has 2 aromatic carbocycles. The van der Waals surface area contributed by atoms with E-state index in [2.05, 4.69) is 17.1 Å². The van der Waals surface area contributed by atoms with Crippen LogP contribution in [0.15, 0.2) is 42.7 Å². The number of hydrogen-bond donors (Lipinski definition) is 1. The second-order valence-corrected chi connectivity index (χ2v) is 6.72. The molecule has 0 aliphatic carbocycles. The molecule has 144 valence electrons. The average Bonchev–Trinajstić information content (AvgIpc) is 3.34. The summed E-state index contributed by atoms with van der Waals surface area (Å²) in [6, 6.07) is 9.67. The van der Waals surface area contributed by atoms with Crippen molar-refractivity contribution in [2.75, 3.05) is 13.7 Å². The molecule has 1 amide bonds. The Bertz CT molecular complexity index is 1050. The van der Waals surface area contributed by atoms with Crippen LogP contribution in [0.25, 0.3) is 17.1 Å². The van der Waals surface area contributed by atoms with Gasteiger partial charge in [0, 0.05) is 23.6 Å². The van der Waals surface area contributed by atoms with Crippen LogP contribution in [0.1, 0.15) is 11.1 Å². The van der Waals surface area contributed by atoms with Gasteiger partial charge >= 0.3 is 0 Å². The van der Waals surface area contributed by atoms with Crippen LogP contribution < -0.4 is 15.2 Å². The number of imidazole rings is 1. The molecule has 1 aliphatic heterocycles. The SMILES string of the molecule is COc1cc(-c2nccn2-c2ccc3c(c2)COC3)cc(Cl)c1OCC(N)=O. The Balaban J connectivity index is 1.74. The van der Waals surface area contributed by atoms with Crippen LogP contribution in [-0.2, 0) is 22.7 Å². The van der Waals surface area contributed by atoms with Gasteiger partial charge in [0.25, 0.3) is 5.91 Å². The van der Waals surface area contributed by atoms with E-state index >= 15 is 0 Å². The number of ether oxygens (including phenoxy) is 3. The zero-order valence-electron chi connectivity index (χ0n) is 15.1. The van der Waals surface area contributed by atoms with E-state index in [0.29, 0.717) is 29.8 Å². The fourth-order valence-corrected chi connectivity index (χ4v) is 3.43. The van der Waals surface area contributed by atoms with Gasteiger partial charge in [0.05, 0.1) is 25.3 Å². The van der Waals surface area contributed by atoms with Crippen molar-refractivity contribution in [3.05, 3.63) is 58.9 Å². The Morgan fingerprint density at radius 1 is 1.29 bits per heavy atom. The third kappa shape index (κ3) is 3.42. The van der Waals surface area contributed by atoms with Crippen LogP contribution in [0.2, 0.25) is 5.02 Å².